The molecule has 4 heteroatoms. The second kappa shape index (κ2) is 7.09. The van der Waals surface area contributed by atoms with Gasteiger partial charge in [0.2, 0.25) is 0 Å². The molecule has 0 aliphatic carbocycles. The summed E-state index contributed by atoms with van der Waals surface area (Å²) in [5, 5.41) is 0. The lowest BCUT2D eigenvalue weighted by atomic mass is 9.93. The zero-order valence-corrected chi connectivity index (χ0v) is 13.4. The highest BCUT2D eigenvalue weighted by molar-refractivity contribution is 9.10. The number of ether oxygens (including phenoxy) is 1. The van der Waals surface area contributed by atoms with Crippen LogP contribution in [0.4, 0.5) is 4.39 Å². The van der Waals surface area contributed by atoms with Crippen molar-refractivity contribution in [3.63, 3.8) is 0 Å². The number of halogens is 3. The van der Waals surface area contributed by atoms with Gasteiger partial charge in [-0.15, -0.1) is 11.6 Å². The van der Waals surface area contributed by atoms with E-state index in [1.165, 1.54) is 12.1 Å². The van der Waals surface area contributed by atoms with Gasteiger partial charge in [0.15, 0.2) is 0 Å². The van der Waals surface area contributed by atoms with Crippen LogP contribution in [0.15, 0.2) is 46.9 Å². The first-order chi connectivity index (χ1) is 9.63. The molecule has 1 atom stereocenters. The predicted octanol–water partition coefficient (Wildman–Crippen LogP) is 5.16. The minimum atomic E-state index is -0.232. The topological polar surface area (TPSA) is 9.23 Å². The Kier molecular flexibility index (Phi) is 5.44. The van der Waals surface area contributed by atoms with Crippen molar-refractivity contribution in [1.29, 1.82) is 0 Å². The molecule has 2 rings (SSSR count). The van der Waals surface area contributed by atoms with Crippen molar-refractivity contribution in [2.45, 2.75) is 12.3 Å². The highest BCUT2D eigenvalue weighted by atomic mass is 79.9. The van der Waals surface area contributed by atoms with Crippen LogP contribution < -0.4 is 4.74 Å². The van der Waals surface area contributed by atoms with Crippen molar-refractivity contribution in [2.24, 2.45) is 0 Å². The van der Waals surface area contributed by atoms with E-state index in [1.807, 2.05) is 18.2 Å². The van der Waals surface area contributed by atoms with Gasteiger partial charge < -0.3 is 4.74 Å². The predicted molar refractivity (Wildman–Crippen MR) is 84.3 cm³/mol. The summed E-state index contributed by atoms with van der Waals surface area (Å²) < 4.78 is 19.3. The van der Waals surface area contributed by atoms with Crippen LogP contribution in [0.25, 0.3) is 0 Å². The lowest BCUT2D eigenvalue weighted by Gasteiger charge is -2.16. The number of hydrogen-bond acceptors (Lipinski definition) is 1. The van der Waals surface area contributed by atoms with Gasteiger partial charge in [0.1, 0.15) is 11.6 Å². The molecule has 0 saturated carbocycles. The van der Waals surface area contributed by atoms with Crippen LogP contribution in [-0.4, -0.2) is 13.0 Å². The molecule has 20 heavy (non-hydrogen) atoms. The Hall–Kier alpha value is -1.06. The van der Waals surface area contributed by atoms with E-state index in [0.717, 1.165) is 27.8 Å². The lowest BCUT2D eigenvalue weighted by molar-refractivity contribution is 0.414. The third-order valence-corrected chi connectivity index (χ3v) is 4.39. The quantitative estimate of drug-likeness (QED) is 0.671. The van der Waals surface area contributed by atoms with Gasteiger partial charge in [-0.3, -0.25) is 0 Å². The average Bonchev–Trinajstić information content (AvgIpc) is 2.47. The summed E-state index contributed by atoms with van der Waals surface area (Å²) in [6, 6.07) is 12.4. The smallest absolute Gasteiger partial charge is 0.123 e. The summed E-state index contributed by atoms with van der Waals surface area (Å²) in [5.74, 6) is 1.20. The van der Waals surface area contributed by atoms with Crippen LogP contribution in [-0.2, 0) is 6.42 Å². The maximum Gasteiger partial charge on any atom is 0.123 e. The third kappa shape index (κ3) is 3.74. The molecular weight excluding hydrogens is 343 g/mol. The van der Waals surface area contributed by atoms with E-state index in [-0.39, 0.29) is 11.7 Å². The molecule has 2 aromatic carbocycles. The van der Waals surface area contributed by atoms with E-state index in [2.05, 4.69) is 15.9 Å². The number of hydrogen-bond donors (Lipinski definition) is 0. The van der Waals surface area contributed by atoms with E-state index in [1.54, 1.807) is 19.2 Å². The highest BCUT2D eigenvalue weighted by Gasteiger charge is 2.14. The SMILES string of the molecule is COc1ccc(Br)c(CC(CCl)c2ccc(F)cc2)c1. The van der Waals surface area contributed by atoms with Crippen LogP contribution in [0.1, 0.15) is 17.0 Å². The number of methoxy groups -OCH3 is 1. The molecule has 0 radical (unpaired) electrons. The highest BCUT2D eigenvalue weighted by Crippen LogP contribution is 2.29. The Morgan fingerprint density at radius 2 is 1.90 bits per heavy atom. The van der Waals surface area contributed by atoms with Gasteiger partial charge in [-0.25, -0.2) is 4.39 Å². The summed E-state index contributed by atoms with van der Waals surface area (Å²) in [5.41, 5.74) is 2.16. The van der Waals surface area contributed by atoms with Gasteiger partial charge in [0.05, 0.1) is 7.11 Å². The van der Waals surface area contributed by atoms with Crippen LogP contribution in [0.5, 0.6) is 5.75 Å². The molecule has 0 heterocycles. The van der Waals surface area contributed by atoms with Crippen molar-refractivity contribution in [2.75, 3.05) is 13.0 Å². The molecule has 1 unspecified atom stereocenters. The lowest BCUT2D eigenvalue weighted by Crippen LogP contribution is -2.05. The molecule has 0 saturated heterocycles. The Bertz CT molecular complexity index is 571. The van der Waals surface area contributed by atoms with Crippen molar-refractivity contribution >= 4 is 27.5 Å². The number of alkyl halides is 1. The van der Waals surface area contributed by atoms with E-state index in [0.29, 0.717) is 5.88 Å². The van der Waals surface area contributed by atoms with Crippen molar-refractivity contribution < 1.29 is 9.13 Å². The first kappa shape index (κ1) is 15.3. The molecule has 0 aliphatic heterocycles. The fraction of sp³-hybridized carbons (Fsp3) is 0.250. The molecule has 106 valence electrons. The normalized spacial score (nSPS) is 12.2. The maximum absolute atomic E-state index is 13.0. The zero-order valence-electron chi connectivity index (χ0n) is 11.1. The molecule has 0 aliphatic rings. The molecule has 0 amide bonds. The molecule has 0 aromatic heterocycles. The second-order valence-corrected chi connectivity index (χ2v) is 5.73. The summed E-state index contributed by atoms with van der Waals surface area (Å²) in [7, 11) is 1.64. The van der Waals surface area contributed by atoms with E-state index in [9.17, 15) is 4.39 Å². The monoisotopic (exact) mass is 356 g/mol. The molecule has 2 aromatic rings. The van der Waals surface area contributed by atoms with Gasteiger partial charge in [-0.05, 0) is 47.9 Å². The number of benzene rings is 2. The summed E-state index contributed by atoms with van der Waals surface area (Å²) in [6.45, 7) is 0. The minimum Gasteiger partial charge on any atom is -0.497 e. The Labute approximate surface area is 131 Å². The third-order valence-electron chi connectivity index (χ3n) is 3.25. The minimum absolute atomic E-state index is 0.140. The molecule has 1 nitrogen and oxygen atoms in total. The van der Waals surface area contributed by atoms with Crippen molar-refractivity contribution in [1.82, 2.24) is 0 Å². The summed E-state index contributed by atoms with van der Waals surface area (Å²) in [6.07, 6.45) is 0.771. The first-order valence-electron chi connectivity index (χ1n) is 6.28. The van der Waals surface area contributed by atoms with Gasteiger partial charge in [0.25, 0.3) is 0 Å². The Morgan fingerprint density at radius 3 is 2.50 bits per heavy atom. The summed E-state index contributed by atoms with van der Waals surface area (Å²) >= 11 is 9.62. The fourth-order valence-corrected chi connectivity index (χ4v) is 2.79. The van der Waals surface area contributed by atoms with Crippen molar-refractivity contribution in [3.8, 4) is 5.75 Å². The van der Waals surface area contributed by atoms with Gasteiger partial charge in [-0.2, -0.15) is 0 Å². The molecular formula is C16H15BrClFO. The molecule has 0 N–H and O–H groups in total. The van der Waals surface area contributed by atoms with Gasteiger partial charge in [-0.1, -0.05) is 28.1 Å². The standard InChI is InChI=1S/C16H15BrClFO/c1-20-15-6-7-16(17)12(9-15)8-13(10-18)11-2-4-14(19)5-3-11/h2-7,9,13H,8,10H2,1H3. The second-order valence-electron chi connectivity index (χ2n) is 4.56. The number of rotatable bonds is 5. The zero-order chi connectivity index (χ0) is 14.5. The molecule has 0 fully saturated rings. The van der Waals surface area contributed by atoms with E-state index < -0.39 is 0 Å². The molecule has 0 spiro atoms. The first-order valence-corrected chi connectivity index (χ1v) is 7.60. The van der Waals surface area contributed by atoms with E-state index >= 15 is 0 Å². The van der Waals surface area contributed by atoms with Crippen LogP contribution in [0.3, 0.4) is 0 Å². The van der Waals surface area contributed by atoms with Crippen molar-refractivity contribution in [3.05, 3.63) is 63.9 Å². The summed E-state index contributed by atoms with van der Waals surface area (Å²) in [4.78, 5) is 0. The van der Waals surface area contributed by atoms with Gasteiger partial charge in [0, 0.05) is 16.3 Å². The molecule has 0 bridgehead atoms. The van der Waals surface area contributed by atoms with E-state index in [4.69, 9.17) is 16.3 Å². The van der Waals surface area contributed by atoms with Gasteiger partial charge >= 0.3 is 0 Å². The average molecular weight is 358 g/mol. The van der Waals surface area contributed by atoms with Crippen LogP contribution >= 0.6 is 27.5 Å². The fourth-order valence-electron chi connectivity index (χ4n) is 2.10. The van der Waals surface area contributed by atoms with Crippen LogP contribution in [0.2, 0.25) is 0 Å². The Balaban J connectivity index is 2.23. The van der Waals surface area contributed by atoms with Crippen LogP contribution in [0, 0.1) is 5.82 Å². The Morgan fingerprint density at radius 1 is 1.20 bits per heavy atom. The largest absolute Gasteiger partial charge is 0.497 e. The maximum atomic E-state index is 13.0.